The topological polar surface area (TPSA) is 86.7 Å². The van der Waals surface area contributed by atoms with Gasteiger partial charge in [0.05, 0.1) is 16.1 Å². The molecule has 0 unspecified atom stereocenters. The lowest BCUT2D eigenvalue weighted by molar-refractivity contribution is -0.137. The fourth-order valence-electron chi connectivity index (χ4n) is 2.86. The Bertz CT molecular complexity index is 983. The van der Waals surface area contributed by atoms with Crippen LogP contribution in [0.3, 0.4) is 0 Å². The monoisotopic (exact) mass is 414 g/mol. The Hall–Kier alpha value is -2.59. The van der Waals surface area contributed by atoms with Crippen LogP contribution < -0.4 is 5.32 Å². The molecule has 0 spiro atoms. The van der Waals surface area contributed by atoms with Crippen LogP contribution in [-0.4, -0.2) is 36.8 Å². The number of hydrogen-bond donors (Lipinski definition) is 2. The minimum absolute atomic E-state index is 0.0693. The van der Waals surface area contributed by atoms with Gasteiger partial charge in [0.15, 0.2) is 0 Å². The van der Waals surface area contributed by atoms with E-state index in [1.165, 1.54) is 10.4 Å². The van der Waals surface area contributed by atoms with Gasteiger partial charge in [-0.25, -0.2) is 8.42 Å². The van der Waals surface area contributed by atoms with Gasteiger partial charge < -0.3 is 10.4 Å². The van der Waals surface area contributed by atoms with Crippen LogP contribution in [-0.2, 0) is 16.2 Å². The molecule has 0 bridgehead atoms. The smallest absolute Gasteiger partial charge is 0.416 e. The number of anilines is 1. The van der Waals surface area contributed by atoms with Crippen molar-refractivity contribution in [3.8, 4) is 5.75 Å². The SMILES string of the molecule is O=C(Nc1cc(S(=O)(=O)N2CCCC2)ccc1O)c1ccc(C(F)(F)F)cc1. The Morgan fingerprint density at radius 1 is 1.04 bits per heavy atom. The van der Waals surface area contributed by atoms with Crippen molar-refractivity contribution < 1.29 is 31.5 Å². The van der Waals surface area contributed by atoms with Crippen LogP contribution in [0.4, 0.5) is 18.9 Å². The summed E-state index contributed by atoms with van der Waals surface area (Å²) in [7, 11) is -3.75. The number of phenolic OH excluding ortho intramolecular Hbond substituents is 1. The molecule has 1 aliphatic heterocycles. The molecule has 6 nitrogen and oxygen atoms in total. The predicted molar refractivity (Wildman–Crippen MR) is 95.5 cm³/mol. The molecule has 0 aliphatic carbocycles. The number of halogens is 3. The Balaban J connectivity index is 1.83. The number of hydrogen-bond acceptors (Lipinski definition) is 4. The van der Waals surface area contributed by atoms with Gasteiger partial charge in [0, 0.05) is 18.7 Å². The van der Waals surface area contributed by atoms with Crippen molar-refractivity contribution in [1.82, 2.24) is 4.31 Å². The second-order valence-electron chi connectivity index (χ2n) is 6.32. The molecule has 0 saturated carbocycles. The lowest BCUT2D eigenvalue weighted by atomic mass is 10.1. The number of benzene rings is 2. The zero-order valence-corrected chi connectivity index (χ0v) is 15.3. The summed E-state index contributed by atoms with van der Waals surface area (Å²) in [4.78, 5) is 12.2. The molecule has 1 amide bonds. The quantitative estimate of drug-likeness (QED) is 0.751. The highest BCUT2D eigenvalue weighted by molar-refractivity contribution is 7.89. The van der Waals surface area contributed by atoms with Crippen molar-refractivity contribution in [3.63, 3.8) is 0 Å². The van der Waals surface area contributed by atoms with Gasteiger partial charge in [-0.15, -0.1) is 0 Å². The molecule has 2 N–H and O–H groups in total. The third-order valence-corrected chi connectivity index (χ3v) is 6.29. The fraction of sp³-hybridized carbons (Fsp3) is 0.278. The minimum Gasteiger partial charge on any atom is -0.506 e. The number of amides is 1. The van der Waals surface area contributed by atoms with Gasteiger partial charge in [-0.05, 0) is 55.3 Å². The molecule has 1 fully saturated rings. The van der Waals surface area contributed by atoms with Crippen LogP contribution in [0.1, 0.15) is 28.8 Å². The standard InChI is InChI=1S/C18H17F3N2O4S/c19-18(20,21)13-5-3-12(4-6-13)17(25)22-15-11-14(7-8-16(15)24)28(26,27)23-9-1-2-10-23/h3-8,11,24H,1-2,9-10H2,(H,22,25). The van der Waals surface area contributed by atoms with E-state index in [1.54, 1.807) is 0 Å². The van der Waals surface area contributed by atoms with E-state index in [1.807, 2.05) is 0 Å². The van der Waals surface area contributed by atoms with Crippen molar-refractivity contribution in [1.29, 1.82) is 0 Å². The van der Waals surface area contributed by atoms with E-state index in [9.17, 15) is 31.5 Å². The predicted octanol–water partition coefficient (Wildman–Crippen LogP) is 3.45. The number of rotatable bonds is 4. The first-order valence-electron chi connectivity index (χ1n) is 8.41. The third-order valence-electron chi connectivity index (χ3n) is 4.39. The normalized spacial score (nSPS) is 15.5. The molecule has 28 heavy (non-hydrogen) atoms. The van der Waals surface area contributed by atoms with E-state index in [2.05, 4.69) is 5.32 Å². The number of aromatic hydroxyl groups is 1. The summed E-state index contributed by atoms with van der Waals surface area (Å²) in [5, 5.41) is 12.3. The van der Waals surface area contributed by atoms with Gasteiger partial charge >= 0.3 is 6.18 Å². The van der Waals surface area contributed by atoms with Crippen molar-refractivity contribution in [2.45, 2.75) is 23.9 Å². The molecule has 0 radical (unpaired) electrons. The lowest BCUT2D eigenvalue weighted by Crippen LogP contribution is -2.28. The van der Waals surface area contributed by atoms with Gasteiger partial charge in [-0.1, -0.05) is 0 Å². The lowest BCUT2D eigenvalue weighted by Gasteiger charge is -2.17. The van der Waals surface area contributed by atoms with Gasteiger partial charge in [0.1, 0.15) is 5.75 Å². The highest BCUT2D eigenvalue weighted by Crippen LogP contribution is 2.31. The first-order valence-corrected chi connectivity index (χ1v) is 9.85. The number of sulfonamides is 1. The van der Waals surface area contributed by atoms with Crippen molar-refractivity contribution in [2.75, 3.05) is 18.4 Å². The van der Waals surface area contributed by atoms with Crippen LogP contribution in [0, 0.1) is 0 Å². The molecule has 150 valence electrons. The summed E-state index contributed by atoms with van der Waals surface area (Å²) in [5.41, 5.74) is -1.11. The highest BCUT2D eigenvalue weighted by Gasteiger charge is 2.30. The van der Waals surface area contributed by atoms with Gasteiger partial charge in [-0.2, -0.15) is 17.5 Å². The second-order valence-corrected chi connectivity index (χ2v) is 8.26. The Morgan fingerprint density at radius 3 is 2.21 bits per heavy atom. The molecule has 0 aromatic heterocycles. The number of nitrogens with zero attached hydrogens (tertiary/aromatic N) is 1. The Kier molecular flexibility index (Phi) is 5.35. The molecule has 0 atom stereocenters. The summed E-state index contributed by atoms with van der Waals surface area (Å²) >= 11 is 0. The van der Waals surface area contributed by atoms with Crippen LogP contribution in [0.2, 0.25) is 0 Å². The van der Waals surface area contributed by atoms with Crippen molar-refractivity contribution in [3.05, 3.63) is 53.6 Å². The van der Waals surface area contributed by atoms with Crippen LogP contribution in [0.15, 0.2) is 47.4 Å². The second kappa shape index (κ2) is 7.44. The summed E-state index contributed by atoms with van der Waals surface area (Å²) in [5.74, 6) is -1.14. The number of carbonyl (C=O) groups excluding carboxylic acids is 1. The van der Waals surface area contributed by atoms with E-state index in [0.29, 0.717) is 13.1 Å². The summed E-state index contributed by atoms with van der Waals surface area (Å²) < 4.78 is 64.4. The van der Waals surface area contributed by atoms with E-state index in [4.69, 9.17) is 0 Å². The summed E-state index contributed by atoms with van der Waals surface area (Å²) in [6.07, 6.45) is -3.00. The van der Waals surface area contributed by atoms with E-state index < -0.39 is 27.7 Å². The van der Waals surface area contributed by atoms with E-state index in [0.717, 1.165) is 49.2 Å². The van der Waals surface area contributed by atoms with Crippen LogP contribution in [0.5, 0.6) is 5.75 Å². The number of carbonyl (C=O) groups is 1. The maximum absolute atomic E-state index is 12.6. The van der Waals surface area contributed by atoms with Gasteiger partial charge in [0.2, 0.25) is 10.0 Å². The van der Waals surface area contributed by atoms with Gasteiger partial charge in [0.25, 0.3) is 5.91 Å². The molecular weight excluding hydrogens is 397 g/mol. The molecule has 2 aromatic rings. The van der Waals surface area contributed by atoms with Crippen molar-refractivity contribution in [2.24, 2.45) is 0 Å². The number of alkyl halides is 3. The number of phenols is 1. The maximum atomic E-state index is 12.6. The molecule has 2 aromatic carbocycles. The molecule has 10 heteroatoms. The third kappa shape index (κ3) is 4.12. The first-order chi connectivity index (χ1) is 13.1. The molecule has 1 aliphatic rings. The molecule has 1 heterocycles. The Morgan fingerprint density at radius 2 is 1.64 bits per heavy atom. The maximum Gasteiger partial charge on any atom is 0.416 e. The number of nitrogens with one attached hydrogen (secondary N) is 1. The molecule has 1 saturated heterocycles. The van der Waals surface area contributed by atoms with E-state index in [-0.39, 0.29) is 21.9 Å². The summed E-state index contributed by atoms with van der Waals surface area (Å²) in [6, 6.07) is 7.04. The van der Waals surface area contributed by atoms with Crippen molar-refractivity contribution >= 4 is 21.6 Å². The Labute approximate surface area is 159 Å². The average Bonchev–Trinajstić information content (AvgIpc) is 3.18. The largest absolute Gasteiger partial charge is 0.506 e. The van der Waals surface area contributed by atoms with Gasteiger partial charge in [-0.3, -0.25) is 4.79 Å². The van der Waals surface area contributed by atoms with Crippen LogP contribution >= 0.6 is 0 Å². The summed E-state index contributed by atoms with van der Waals surface area (Å²) in [6.45, 7) is 0.799. The molecular formula is C18H17F3N2O4S. The van der Waals surface area contributed by atoms with Crippen LogP contribution in [0.25, 0.3) is 0 Å². The average molecular weight is 414 g/mol. The zero-order valence-electron chi connectivity index (χ0n) is 14.5. The highest BCUT2D eigenvalue weighted by atomic mass is 32.2. The minimum atomic E-state index is -4.52. The van der Waals surface area contributed by atoms with E-state index >= 15 is 0 Å². The molecule has 3 rings (SSSR count). The first kappa shape index (κ1) is 20.2. The zero-order chi connectivity index (χ0) is 20.5. The fourth-order valence-corrected chi connectivity index (χ4v) is 4.40.